The number of carbonyl (C=O) groups excluding carboxylic acids is 2. The van der Waals surface area contributed by atoms with Gasteiger partial charge in [0.1, 0.15) is 0 Å². The first-order valence-corrected chi connectivity index (χ1v) is 10.3. The van der Waals surface area contributed by atoms with E-state index in [0.29, 0.717) is 16.5 Å². The molecule has 0 saturated carbocycles. The van der Waals surface area contributed by atoms with Gasteiger partial charge >= 0.3 is 0 Å². The molecule has 0 unspecified atom stereocenters. The number of hydrogen-bond acceptors (Lipinski definition) is 2. The molecule has 1 atom stereocenters. The number of carbonyl (C=O) groups is 2. The monoisotopic (exact) mass is 420 g/mol. The van der Waals surface area contributed by atoms with E-state index in [1.165, 1.54) is 5.56 Å². The molecule has 4 nitrogen and oxygen atoms in total. The lowest BCUT2D eigenvalue weighted by molar-refractivity contribution is -0.116. The third-order valence-electron chi connectivity index (χ3n) is 4.88. The first-order chi connectivity index (χ1) is 14.4. The normalized spacial score (nSPS) is 11.7. The summed E-state index contributed by atoms with van der Waals surface area (Å²) < 4.78 is 0. The zero-order valence-electron chi connectivity index (χ0n) is 17.1. The Morgan fingerprint density at radius 3 is 2.10 bits per heavy atom. The molecule has 0 aliphatic carbocycles. The Bertz CT molecular complexity index is 1000. The maximum Gasteiger partial charge on any atom is 0.253 e. The number of benzene rings is 3. The van der Waals surface area contributed by atoms with Crippen LogP contribution in [-0.2, 0) is 4.79 Å². The Kier molecular flexibility index (Phi) is 7.26. The van der Waals surface area contributed by atoms with Gasteiger partial charge in [-0.05, 0) is 41.3 Å². The molecule has 0 radical (unpaired) electrons. The second-order valence-corrected chi connectivity index (χ2v) is 7.85. The zero-order chi connectivity index (χ0) is 21.5. The molecule has 2 amide bonds. The molecule has 3 aromatic carbocycles. The van der Waals surface area contributed by atoms with Crippen molar-refractivity contribution in [2.45, 2.75) is 32.2 Å². The fraction of sp³-hybridized carbons (Fsp3) is 0.200. The number of hydrogen-bond donors (Lipinski definition) is 2. The summed E-state index contributed by atoms with van der Waals surface area (Å²) >= 11 is 6.16. The molecule has 154 valence electrons. The van der Waals surface area contributed by atoms with Gasteiger partial charge in [-0.3, -0.25) is 9.59 Å². The second-order valence-electron chi connectivity index (χ2n) is 7.45. The van der Waals surface area contributed by atoms with Crippen LogP contribution in [0.2, 0.25) is 5.02 Å². The number of halogens is 1. The summed E-state index contributed by atoms with van der Waals surface area (Å²) in [5.41, 5.74) is 3.17. The van der Waals surface area contributed by atoms with Crippen LogP contribution in [0.1, 0.15) is 53.7 Å². The Labute approximate surface area is 182 Å². The molecule has 5 heteroatoms. The van der Waals surface area contributed by atoms with Crippen LogP contribution in [0.25, 0.3) is 0 Å². The van der Waals surface area contributed by atoms with Crippen molar-refractivity contribution in [2.24, 2.45) is 0 Å². The summed E-state index contributed by atoms with van der Waals surface area (Å²) in [5, 5.41) is 6.24. The van der Waals surface area contributed by atoms with Gasteiger partial charge in [0.15, 0.2) is 0 Å². The van der Waals surface area contributed by atoms with Gasteiger partial charge in [-0.25, -0.2) is 0 Å². The summed E-state index contributed by atoms with van der Waals surface area (Å²) in [7, 11) is 0. The molecular weight excluding hydrogens is 396 g/mol. The summed E-state index contributed by atoms with van der Waals surface area (Å²) in [5.74, 6) is -0.0682. The van der Waals surface area contributed by atoms with Crippen LogP contribution in [0.4, 0.5) is 5.69 Å². The van der Waals surface area contributed by atoms with E-state index in [2.05, 4.69) is 24.5 Å². The van der Waals surface area contributed by atoms with Crippen molar-refractivity contribution < 1.29 is 9.59 Å². The van der Waals surface area contributed by atoms with Gasteiger partial charge < -0.3 is 10.6 Å². The molecule has 0 heterocycles. The van der Waals surface area contributed by atoms with E-state index in [1.807, 2.05) is 54.6 Å². The van der Waals surface area contributed by atoms with Crippen molar-refractivity contribution in [3.8, 4) is 0 Å². The van der Waals surface area contributed by atoms with E-state index >= 15 is 0 Å². The predicted molar refractivity (Wildman–Crippen MR) is 122 cm³/mol. The highest BCUT2D eigenvalue weighted by Gasteiger charge is 2.20. The van der Waals surface area contributed by atoms with Crippen molar-refractivity contribution in [2.75, 3.05) is 5.32 Å². The van der Waals surface area contributed by atoms with Crippen LogP contribution in [-0.4, -0.2) is 11.8 Å². The van der Waals surface area contributed by atoms with Gasteiger partial charge in [-0.2, -0.15) is 0 Å². The number of amides is 2. The van der Waals surface area contributed by atoms with Crippen molar-refractivity contribution >= 4 is 29.1 Å². The first kappa shape index (κ1) is 21.6. The third-order valence-corrected chi connectivity index (χ3v) is 5.21. The van der Waals surface area contributed by atoms with Crippen molar-refractivity contribution in [1.82, 2.24) is 5.32 Å². The third kappa shape index (κ3) is 5.71. The summed E-state index contributed by atoms with van der Waals surface area (Å²) in [6, 6.07) is 23.6. The topological polar surface area (TPSA) is 58.2 Å². The average molecular weight is 421 g/mol. The summed E-state index contributed by atoms with van der Waals surface area (Å²) in [4.78, 5) is 25.5. The largest absolute Gasteiger partial charge is 0.345 e. The smallest absolute Gasteiger partial charge is 0.253 e. The molecule has 0 aliphatic rings. The minimum absolute atomic E-state index is 0.103. The van der Waals surface area contributed by atoms with Gasteiger partial charge in [0.2, 0.25) is 5.91 Å². The summed E-state index contributed by atoms with van der Waals surface area (Å²) in [6.45, 7) is 4.25. The second kappa shape index (κ2) is 10.1. The van der Waals surface area contributed by atoms with Gasteiger partial charge in [0.05, 0.1) is 23.0 Å². The van der Waals surface area contributed by atoms with Crippen LogP contribution < -0.4 is 10.6 Å². The molecule has 0 fully saturated rings. The van der Waals surface area contributed by atoms with Crippen molar-refractivity contribution in [3.05, 3.63) is 101 Å². The van der Waals surface area contributed by atoms with Crippen LogP contribution in [0.5, 0.6) is 0 Å². The van der Waals surface area contributed by atoms with Crippen LogP contribution in [0.3, 0.4) is 0 Å². The number of nitrogens with one attached hydrogen (secondary N) is 2. The van der Waals surface area contributed by atoms with E-state index in [-0.39, 0.29) is 18.2 Å². The maximum absolute atomic E-state index is 12.8. The Morgan fingerprint density at radius 2 is 1.47 bits per heavy atom. The Hall–Kier alpha value is -3.11. The molecular formula is C25H25ClN2O2. The zero-order valence-corrected chi connectivity index (χ0v) is 17.8. The molecule has 0 spiro atoms. The molecule has 3 rings (SSSR count). The van der Waals surface area contributed by atoms with E-state index in [1.54, 1.807) is 24.3 Å². The minimum Gasteiger partial charge on any atom is -0.345 e. The molecule has 0 aliphatic heterocycles. The predicted octanol–water partition coefficient (Wildman–Crippen LogP) is 5.96. The molecule has 3 aromatic rings. The van der Waals surface area contributed by atoms with Gasteiger partial charge in [-0.1, -0.05) is 80.0 Å². The molecule has 30 heavy (non-hydrogen) atoms. The average Bonchev–Trinajstić information content (AvgIpc) is 2.74. The van der Waals surface area contributed by atoms with E-state index in [4.69, 9.17) is 11.6 Å². The Balaban J connectivity index is 1.73. The van der Waals surface area contributed by atoms with Gasteiger partial charge in [-0.15, -0.1) is 0 Å². The SMILES string of the molecule is CC(C)c1ccc(NC(=O)C[C@H](NC(=O)c2ccccc2Cl)c2ccccc2)cc1. The lowest BCUT2D eigenvalue weighted by atomic mass is 10.0. The number of anilines is 1. The van der Waals surface area contributed by atoms with Crippen LogP contribution >= 0.6 is 11.6 Å². The molecule has 0 aromatic heterocycles. The quantitative estimate of drug-likeness (QED) is 0.495. The highest BCUT2D eigenvalue weighted by molar-refractivity contribution is 6.33. The fourth-order valence-electron chi connectivity index (χ4n) is 3.17. The van der Waals surface area contributed by atoms with Gasteiger partial charge in [0, 0.05) is 5.69 Å². The van der Waals surface area contributed by atoms with Gasteiger partial charge in [0.25, 0.3) is 5.91 Å². The maximum atomic E-state index is 12.8. The first-order valence-electron chi connectivity index (χ1n) is 9.94. The standard InChI is InChI=1S/C25H25ClN2O2/c1-17(2)18-12-14-20(15-13-18)27-24(29)16-23(19-8-4-3-5-9-19)28-25(30)21-10-6-7-11-22(21)26/h3-15,17,23H,16H2,1-2H3,(H,27,29)(H,28,30)/t23-/m0/s1. The van der Waals surface area contributed by atoms with Crippen LogP contribution in [0.15, 0.2) is 78.9 Å². The molecule has 2 N–H and O–H groups in total. The summed E-state index contributed by atoms with van der Waals surface area (Å²) in [6.07, 6.45) is 0.103. The van der Waals surface area contributed by atoms with E-state index in [0.717, 1.165) is 11.3 Å². The Morgan fingerprint density at radius 1 is 0.833 bits per heavy atom. The van der Waals surface area contributed by atoms with Crippen molar-refractivity contribution in [1.29, 1.82) is 0 Å². The number of rotatable bonds is 7. The fourth-order valence-corrected chi connectivity index (χ4v) is 3.39. The highest BCUT2D eigenvalue weighted by Crippen LogP contribution is 2.22. The van der Waals surface area contributed by atoms with Crippen LogP contribution in [0, 0.1) is 0 Å². The lowest BCUT2D eigenvalue weighted by Gasteiger charge is -2.19. The van der Waals surface area contributed by atoms with E-state index < -0.39 is 6.04 Å². The molecule has 0 bridgehead atoms. The highest BCUT2D eigenvalue weighted by atomic mass is 35.5. The molecule has 0 saturated heterocycles. The van der Waals surface area contributed by atoms with E-state index in [9.17, 15) is 9.59 Å². The van der Waals surface area contributed by atoms with Crippen molar-refractivity contribution in [3.63, 3.8) is 0 Å². The lowest BCUT2D eigenvalue weighted by Crippen LogP contribution is -2.31. The minimum atomic E-state index is -0.482.